The zero-order valence-electron chi connectivity index (χ0n) is 17.2. The summed E-state index contributed by atoms with van der Waals surface area (Å²) in [7, 11) is 3.62. The third kappa shape index (κ3) is 6.69. The fraction of sp³-hybridized carbons (Fsp3) is 0.667. The summed E-state index contributed by atoms with van der Waals surface area (Å²) in [5.41, 5.74) is 1.26. The lowest BCUT2D eigenvalue weighted by molar-refractivity contribution is 0.161. The van der Waals surface area contributed by atoms with Crippen LogP contribution in [0.4, 0.5) is 0 Å². The van der Waals surface area contributed by atoms with Crippen LogP contribution in [0.1, 0.15) is 43.7 Å². The number of benzene rings is 1. The van der Waals surface area contributed by atoms with Gasteiger partial charge in [-0.2, -0.15) is 11.8 Å². The van der Waals surface area contributed by atoms with Crippen LogP contribution in [-0.2, 0) is 0 Å². The van der Waals surface area contributed by atoms with Gasteiger partial charge in [0.2, 0.25) is 0 Å². The van der Waals surface area contributed by atoms with Crippen LogP contribution < -0.4 is 15.4 Å². The van der Waals surface area contributed by atoms with E-state index in [1.165, 1.54) is 43.4 Å². The molecule has 1 aromatic rings. The minimum absolute atomic E-state index is 0. The van der Waals surface area contributed by atoms with Crippen molar-refractivity contribution in [1.29, 1.82) is 0 Å². The summed E-state index contributed by atoms with van der Waals surface area (Å²) >= 11 is 2.07. The molecule has 0 aromatic heterocycles. The molecule has 1 aromatic carbocycles. The normalized spacial score (nSPS) is 21.6. The highest BCUT2D eigenvalue weighted by atomic mass is 127. The zero-order valence-corrected chi connectivity index (χ0v) is 20.3. The highest BCUT2D eigenvalue weighted by molar-refractivity contribution is 14.0. The number of aliphatic imine (C=N–C) groups is 1. The van der Waals surface area contributed by atoms with Crippen LogP contribution in [0, 0.1) is 0 Å². The number of hydrogen-bond donors (Lipinski definition) is 2. The van der Waals surface area contributed by atoms with Crippen LogP contribution >= 0.6 is 35.7 Å². The third-order valence-electron chi connectivity index (χ3n) is 5.54. The number of para-hydroxylation sites is 1. The molecular formula is C21H35IN4OS. The van der Waals surface area contributed by atoms with E-state index in [1.807, 2.05) is 13.1 Å². The predicted molar refractivity (Wildman–Crippen MR) is 131 cm³/mol. The van der Waals surface area contributed by atoms with E-state index < -0.39 is 0 Å². The van der Waals surface area contributed by atoms with E-state index in [0.717, 1.165) is 43.1 Å². The maximum atomic E-state index is 5.66. The van der Waals surface area contributed by atoms with Crippen molar-refractivity contribution in [3.8, 4) is 5.75 Å². The van der Waals surface area contributed by atoms with Crippen molar-refractivity contribution in [1.82, 2.24) is 15.5 Å². The molecule has 2 fully saturated rings. The second-order valence-corrected chi connectivity index (χ2v) is 8.73. The zero-order chi connectivity index (χ0) is 18.9. The highest BCUT2D eigenvalue weighted by Gasteiger charge is 2.25. The number of rotatable bonds is 7. The Morgan fingerprint density at radius 1 is 1.21 bits per heavy atom. The molecule has 0 amide bonds. The molecule has 0 spiro atoms. The molecule has 2 aliphatic rings. The number of guanidine groups is 1. The van der Waals surface area contributed by atoms with Gasteiger partial charge in [-0.25, -0.2) is 0 Å². The first-order valence-corrected chi connectivity index (χ1v) is 11.3. The van der Waals surface area contributed by atoms with Gasteiger partial charge in [0.25, 0.3) is 0 Å². The second kappa shape index (κ2) is 12.8. The van der Waals surface area contributed by atoms with Gasteiger partial charge in [0.1, 0.15) is 5.75 Å². The maximum Gasteiger partial charge on any atom is 0.191 e. The Kier molecular flexibility index (Phi) is 10.8. The number of hydrogen-bond acceptors (Lipinski definition) is 4. The van der Waals surface area contributed by atoms with Crippen molar-refractivity contribution in [3.05, 3.63) is 29.8 Å². The number of ether oxygens (including phenoxy) is 1. The largest absolute Gasteiger partial charge is 0.496 e. The monoisotopic (exact) mass is 518 g/mol. The summed E-state index contributed by atoms with van der Waals surface area (Å²) < 4.78 is 5.66. The smallest absolute Gasteiger partial charge is 0.191 e. The van der Waals surface area contributed by atoms with E-state index in [-0.39, 0.29) is 24.0 Å². The lowest BCUT2D eigenvalue weighted by atomic mass is 10.0. The summed E-state index contributed by atoms with van der Waals surface area (Å²) in [5.74, 6) is 3.17. The molecule has 0 aliphatic carbocycles. The van der Waals surface area contributed by atoms with E-state index in [4.69, 9.17) is 4.74 Å². The Morgan fingerprint density at radius 3 is 2.68 bits per heavy atom. The number of piperidine rings is 1. The molecule has 7 heteroatoms. The third-order valence-corrected chi connectivity index (χ3v) is 6.94. The van der Waals surface area contributed by atoms with Crippen LogP contribution in [0.15, 0.2) is 29.3 Å². The minimum atomic E-state index is 0. The van der Waals surface area contributed by atoms with Gasteiger partial charge in [0.05, 0.1) is 13.2 Å². The van der Waals surface area contributed by atoms with E-state index in [2.05, 4.69) is 50.5 Å². The Bertz CT molecular complexity index is 604. The van der Waals surface area contributed by atoms with Gasteiger partial charge < -0.3 is 15.4 Å². The molecule has 0 saturated carbocycles. The molecule has 2 N–H and O–H groups in total. The first-order valence-electron chi connectivity index (χ1n) is 10.2. The summed E-state index contributed by atoms with van der Waals surface area (Å²) in [6, 6.07) is 8.71. The topological polar surface area (TPSA) is 48.9 Å². The van der Waals surface area contributed by atoms with Crippen LogP contribution in [0.5, 0.6) is 5.75 Å². The first kappa shape index (κ1) is 23.6. The standard InChI is InChI=1S/C21H34N4OS.HI/c1-22-21(23-15-17-9-8-14-27-17)24-16-19(25-12-6-3-7-13-25)18-10-4-5-11-20(18)26-2;/h4-5,10-11,17,19H,3,6-9,12-16H2,1-2H3,(H2,22,23,24);1H. The molecule has 2 aliphatic heterocycles. The number of methoxy groups -OCH3 is 1. The lowest BCUT2D eigenvalue weighted by Crippen LogP contribution is -2.45. The molecule has 28 heavy (non-hydrogen) atoms. The van der Waals surface area contributed by atoms with Gasteiger partial charge >= 0.3 is 0 Å². The Hall–Kier alpha value is -0.670. The van der Waals surface area contributed by atoms with Gasteiger partial charge in [-0.15, -0.1) is 24.0 Å². The average molecular weight is 519 g/mol. The van der Waals surface area contributed by atoms with Crippen molar-refractivity contribution in [2.45, 2.75) is 43.4 Å². The van der Waals surface area contributed by atoms with Gasteiger partial charge in [-0.3, -0.25) is 9.89 Å². The second-order valence-electron chi connectivity index (χ2n) is 7.32. The Labute approximate surface area is 191 Å². The molecule has 2 saturated heterocycles. The summed E-state index contributed by atoms with van der Waals surface area (Å²) in [4.78, 5) is 7.03. The Morgan fingerprint density at radius 2 is 2.00 bits per heavy atom. The minimum Gasteiger partial charge on any atom is -0.496 e. The van der Waals surface area contributed by atoms with Gasteiger partial charge in [-0.05, 0) is 50.6 Å². The van der Waals surface area contributed by atoms with Crippen LogP contribution in [0.3, 0.4) is 0 Å². The van der Waals surface area contributed by atoms with Gasteiger partial charge in [-0.1, -0.05) is 24.6 Å². The van der Waals surface area contributed by atoms with E-state index in [1.54, 1.807) is 7.11 Å². The quantitative estimate of drug-likeness (QED) is 0.326. The average Bonchev–Trinajstić information content (AvgIpc) is 3.25. The van der Waals surface area contributed by atoms with Crippen molar-refractivity contribution in [3.63, 3.8) is 0 Å². The van der Waals surface area contributed by atoms with Crippen molar-refractivity contribution < 1.29 is 4.74 Å². The van der Waals surface area contributed by atoms with E-state index in [9.17, 15) is 0 Å². The number of halogens is 1. The van der Waals surface area contributed by atoms with Crippen LogP contribution in [0.25, 0.3) is 0 Å². The fourth-order valence-electron chi connectivity index (χ4n) is 4.04. The number of likely N-dealkylation sites (tertiary alicyclic amines) is 1. The molecule has 3 rings (SSSR count). The molecule has 0 bridgehead atoms. The molecule has 2 unspecified atom stereocenters. The molecule has 158 valence electrons. The highest BCUT2D eigenvalue weighted by Crippen LogP contribution is 2.31. The molecule has 5 nitrogen and oxygen atoms in total. The molecule has 0 radical (unpaired) electrons. The first-order chi connectivity index (χ1) is 13.3. The summed E-state index contributed by atoms with van der Waals surface area (Å²) in [6.07, 6.45) is 6.54. The van der Waals surface area contributed by atoms with Crippen LogP contribution in [0.2, 0.25) is 0 Å². The van der Waals surface area contributed by atoms with Crippen molar-refractivity contribution in [2.75, 3.05) is 46.1 Å². The number of nitrogens with zero attached hydrogens (tertiary/aromatic N) is 2. The maximum absolute atomic E-state index is 5.66. The molecular weight excluding hydrogens is 483 g/mol. The molecule has 2 atom stereocenters. The molecule has 2 heterocycles. The fourth-order valence-corrected chi connectivity index (χ4v) is 5.24. The Balaban J connectivity index is 0.00000280. The SMILES string of the molecule is CN=C(NCC1CCCS1)NCC(c1ccccc1OC)N1CCCCC1.I. The van der Waals surface area contributed by atoms with Crippen molar-refractivity contribution in [2.24, 2.45) is 4.99 Å². The van der Waals surface area contributed by atoms with Crippen LogP contribution in [-0.4, -0.2) is 62.2 Å². The predicted octanol–water partition coefficient (Wildman–Crippen LogP) is 3.90. The number of thioether (sulfide) groups is 1. The van der Waals surface area contributed by atoms with Crippen molar-refractivity contribution >= 4 is 41.7 Å². The van der Waals surface area contributed by atoms with Gasteiger partial charge in [0, 0.05) is 31.0 Å². The van der Waals surface area contributed by atoms with Gasteiger partial charge in [0.15, 0.2) is 5.96 Å². The summed E-state index contributed by atoms with van der Waals surface area (Å²) in [6.45, 7) is 4.12. The summed E-state index contributed by atoms with van der Waals surface area (Å²) in [5, 5.41) is 7.81. The van der Waals surface area contributed by atoms with E-state index in [0.29, 0.717) is 6.04 Å². The lowest BCUT2D eigenvalue weighted by Gasteiger charge is -2.36. The van der Waals surface area contributed by atoms with E-state index >= 15 is 0 Å². The number of nitrogens with one attached hydrogen (secondary N) is 2.